The highest BCUT2D eigenvalue weighted by atomic mass is 35.5. The number of carbonyl (C=O) groups excluding carboxylic acids is 1. The summed E-state index contributed by atoms with van der Waals surface area (Å²) in [5, 5.41) is 1.13. The van der Waals surface area contributed by atoms with Gasteiger partial charge in [0.1, 0.15) is 11.5 Å². The lowest BCUT2D eigenvalue weighted by Crippen LogP contribution is -2.14. The summed E-state index contributed by atoms with van der Waals surface area (Å²) in [6.45, 7) is 2.37. The Labute approximate surface area is 155 Å². The average molecular weight is 376 g/mol. The minimum absolute atomic E-state index is 0.282. The molecular weight excluding hydrogens is 361 g/mol. The lowest BCUT2D eigenvalue weighted by atomic mass is 10.2. The van der Waals surface area contributed by atoms with Crippen molar-refractivity contribution in [2.45, 2.75) is 13.5 Å². The number of pyridine rings is 1. The number of rotatable bonds is 5. The van der Waals surface area contributed by atoms with E-state index in [1.807, 2.05) is 12.1 Å². The van der Waals surface area contributed by atoms with Crippen LogP contribution in [0.1, 0.15) is 23.0 Å². The standard InChI is InChI=1S/C18H15Cl2N3O2/c1-2-25-18(24)16-10-22-17(12-4-3-7-21-9-12)23(16)11-13-8-14(19)5-6-15(13)20/h3-10H,2,11H2,1H3. The summed E-state index contributed by atoms with van der Waals surface area (Å²) in [4.78, 5) is 20.8. The monoisotopic (exact) mass is 375 g/mol. The highest BCUT2D eigenvalue weighted by Gasteiger charge is 2.19. The highest BCUT2D eigenvalue weighted by molar-refractivity contribution is 6.33. The maximum absolute atomic E-state index is 12.3. The fraction of sp³-hybridized carbons (Fsp3) is 0.167. The summed E-state index contributed by atoms with van der Waals surface area (Å²) in [6.07, 6.45) is 4.86. The van der Waals surface area contributed by atoms with Gasteiger partial charge < -0.3 is 9.30 Å². The lowest BCUT2D eigenvalue weighted by Gasteiger charge is -2.13. The van der Waals surface area contributed by atoms with Crippen molar-refractivity contribution in [3.8, 4) is 11.4 Å². The van der Waals surface area contributed by atoms with Crippen molar-refractivity contribution in [1.82, 2.24) is 14.5 Å². The summed E-state index contributed by atoms with van der Waals surface area (Å²) in [5.41, 5.74) is 1.91. The fourth-order valence-electron chi connectivity index (χ4n) is 2.46. The van der Waals surface area contributed by atoms with Crippen LogP contribution in [-0.4, -0.2) is 27.1 Å². The molecule has 0 spiro atoms. The van der Waals surface area contributed by atoms with Crippen molar-refractivity contribution in [3.05, 3.63) is 70.2 Å². The van der Waals surface area contributed by atoms with Crippen LogP contribution in [0.15, 0.2) is 48.9 Å². The normalized spacial score (nSPS) is 10.7. The summed E-state index contributed by atoms with van der Waals surface area (Å²) < 4.78 is 6.89. The molecule has 3 rings (SSSR count). The van der Waals surface area contributed by atoms with Crippen LogP contribution < -0.4 is 0 Å². The van der Waals surface area contributed by atoms with E-state index >= 15 is 0 Å². The SMILES string of the molecule is CCOC(=O)c1cnc(-c2cccnc2)n1Cc1cc(Cl)ccc1Cl. The van der Waals surface area contributed by atoms with Gasteiger partial charge in [-0.1, -0.05) is 23.2 Å². The van der Waals surface area contributed by atoms with E-state index in [0.717, 1.165) is 11.1 Å². The molecular formula is C18H15Cl2N3O2. The summed E-state index contributed by atoms with van der Waals surface area (Å²) in [7, 11) is 0. The third-order valence-electron chi connectivity index (χ3n) is 3.60. The zero-order valence-corrected chi connectivity index (χ0v) is 15.0. The van der Waals surface area contributed by atoms with Crippen molar-refractivity contribution in [2.75, 3.05) is 6.61 Å². The molecule has 0 N–H and O–H groups in total. The Morgan fingerprint density at radius 3 is 2.80 bits per heavy atom. The zero-order valence-electron chi connectivity index (χ0n) is 13.4. The first-order valence-electron chi connectivity index (χ1n) is 7.67. The summed E-state index contributed by atoms with van der Waals surface area (Å²) >= 11 is 12.4. The van der Waals surface area contributed by atoms with Crippen molar-refractivity contribution >= 4 is 29.2 Å². The zero-order chi connectivity index (χ0) is 17.8. The Morgan fingerprint density at radius 1 is 1.24 bits per heavy atom. The van der Waals surface area contributed by atoms with Crippen LogP contribution in [0.5, 0.6) is 0 Å². The van der Waals surface area contributed by atoms with Crippen LogP contribution in [0.3, 0.4) is 0 Å². The van der Waals surface area contributed by atoms with Gasteiger partial charge in [-0.2, -0.15) is 0 Å². The smallest absolute Gasteiger partial charge is 0.356 e. The van der Waals surface area contributed by atoms with E-state index in [2.05, 4.69) is 9.97 Å². The van der Waals surface area contributed by atoms with Gasteiger partial charge in [0.2, 0.25) is 0 Å². The molecule has 0 aliphatic carbocycles. The largest absolute Gasteiger partial charge is 0.461 e. The average Bonchev–Trinajstić information content (AvgIpc) is 3.03. The van der Waals surface area contributed by atoms with Gasteiger partial charge in [-0.05, 0) is 42.8 Å². The van der Waals surface area contributed by atoms with Crippen LogP contribution in [0, 0.1) is 0 Å². The van der Waals surface area contributed by atoms with Gasteiger partial charge in [-0.3, -0.25) is 4.98 Å². The first-order valence-corrected chi connectivity index (χ1v) is 8.42. The maximum Gasteiger partial charge on any atom is 0.356 e. The molecule has 0 fully saturated rings. The molecule has 0 amide bonds. The second kappa shape index (κ2) is 7.68. The first kappa shape index (κ1) is 17.5. The van der Waals surface area contributed by atoms with Crippen molar-refractivity contribution in [1.29, 1.82) is 0 Å². The number of ether oxygens (including phenoxy) is 1. The number of esters is 1. The number of nitrogens with zero attached hydrogens (tertiary/aromatic N) is 3. The number of halogens is 2. The number of hydrogen-bond donors (Lipinski definition) is 0. The first-order chi connectivity index (χ1) is 12.1. The van der Waals surface area contributed by atoms with Crippen molar-refractivity contribution in [3.63, 3.8) is 0 Å². The number of carbonyl (C=O) groups is 1. The molecule has 5 nitrogen and oxygen atoms in total. The molecule has 2 aromatic heterocycles. The fourth-order valence-corrected chi connectivity index (χ4v) is 2.84. The number of hydrogen-bond acceptors (Lipinski definition) is 4. The second-order valence-electron chi connectivity index (χ2n) is 5.25. The van der Waals surface area contributed by atoms with Crippen LogP contribution in [0.2, 0.25) is 10.0 Å². The van der Waals surface area contributed by atoms with E-state index in [0.29, 0.717) is 28.1 Å². The summed E-state index contributed by atoms with van der Waals surface area (Å²) in [6, 6.07) is 8.90. The minimum atomic E-state index is -0.441. The van der Waals surface area contributed by atoms with Gasteiger partial charge in [0.05, 0.1) is 19.3 Å². The predicted octanol–water partition coefficient (Wildman–Crippen LogP) is 4.48. The predicted molar refractivity (Wildman–Crippen MR) is 97.0 cm³/mol. The molecule has 3 aromatic rings. The Hall–Kier alpha value is -2.37. The second-order valence-corrected chi connectivity index (χ2v) is 6.09. The molecule has 1 aromatic carbocycles. The molecule has 2 heterocycles. The Morgan fingerprint density at radius 2 is 2.08 bits per heavy atom. The molecule has 0 atom stereocenters. The highest BCUT2D eigenvalue weighted by Crippen LogP contribution is 2.26. The Balaban J connectivity index is 2.09. The van der Waals surface area contributed by atoms with Crippen LogP contribution in [-0.2, 0) is 11.3 Å². The molecule has 25 heavy (non-hydrogen) atoms. The van der Waals surface area contributed by atoms with Crippen molar-refractivity contribution < 1.29 is 9.53 Å². The molecule has 128 valence electrons. The van der Waals surface area contributed by atoms with Gasteiger partial charge in [-0.25, -0.2) is 9.78 Å². The van der Waals surface area contributed by atoms with Crippen LogP contribution >= 0.6 is 23.2 Å². The van der Waals surface area contributed by atoms with Gasteiger partial charge in [0, 0.05) is 28.0 Å². The van der Waals surface area contributed by atoms with E-state index in [4.69, 9.17) is 27.9 Å². The lowest BCUT2D eigenvalue weighted by molar-refractivity contribution is 0.0514. The van der Waals surface area contributed by atoms with E-state index in [1.54, 1.807) is 42.1 Å². The number of imidazole rings is 1. The molecule has 0 radical (unpaired) electrons. The summed E-state index contributed by atoms with van der Waals surface area (Å²) in [5.74, 6) is 0.162. The van der Waals surface area contributed by atoms with E-state index in [1.165, 1.54) is 6.20 Å². The van der Waals surface area contributed by atoms with Gasteiger partial charge >= 0.3 is 5.97 Å². The number of aromatic nitrogens is 3. The van der Waals surface area contributed by atoms with E-state index in [-0.39, 0.29) is 6.61 Å². The van der Waals surface area contributed by atoms with E-state index in [9.17, 15) is 4.79 Å². The van der Waals surface area contributed by atoms with Crippen LogP contribution in [0.25, 0.3) is 11.4 Å². The quantitative estimate of drug-likeness (QED) is 0.617. The molecule has 0 aliphatic heterocycles. The third kappa shape index (κ3) is 3.83. The molecule has 0 unspecified atom stereocenters. The Bertz CT molecular complexity index is 895. The van der Waals surface area contributed by atoms with Gasteiger partial charge in [-0.15, -0.1) is 0 Å². The third-order valence-corrected chi connectivity index (χ3v) is 4.20. The molecule has 0 aliphatic rings. The molecule has 0 bridgehead atoms. The van der Waals surface area contributed by atoms with Crippen molar-refractivity contribution in [2.24, 2.45) is 0 Å². The van der Waals surface area contributed by atoms with Gasteiger partial charge in [0.25, 0.3) is 0 Å². The topological polar surface area (TPSA) is 57.0 Å². The minimum Gasteiger partial charge on any atom is -0.461 e. The molecule has 0 saturated carbocycles. The van der Waals surface area contributed by atoms with Crippen LogP contribution in [0.4, 0.5) is 0 Å². The Kier molecular flexibility index (Phi) is 5.36. The molecule has 0 saturated heterocycles. The van der Waals surface area contributed by atoms with E-state index < -0.39 is 5.97 Å². The molecule has 7 heteroatoms. The van der Waals surface area contributed by atoms with Gasteiger partial charge in [0.15, 0.2) is 0 Å². The maximum atomic E-state index is 12.3. The number of benzene rings is 1.